The SMILES string of the molecule is Cc1ccc(-c2n[nH]c(C3CCCC3)n2)cc1N. The standard InChI is InChI=1S/C14H18N4/c1-9-6-7-11(8-12(9)15)14-16-13(17-18-14)10-4-2-3-5-10/h6-8,10H,2-5,15H2,1H3,(H,16,17,18). The molecule has 94 valence electrons. The van der Waals surface area contributed by atoms with Crippen molar-refractivity contribution in [2.75, 3.05) is 5.73 Å². The molecule has 3 N–H and O–H groups in total. The highest BCUT2D eigenvalue weighted by Crippen LogP contribution is 2.32. The van der Waals surface area contributed by atoms with E-state index in [4.69, 9.17) is 5.73 Å². The maximum Gasteiger partial charge on any atom is 0.181 e. The van der Waals surface area contributed by atoms with E-state index in [0.29, 0.717) is 5.92 Å². The minimum atomic E-state index is 0.564. The molecule has 0 saturated heterocycles. The van der Waals surface area contributed by atoms with Gasteiger partial charge in [0.1, 0.15) is 5.82 Å². The van der Waals surface area contributed by atoms with Gasteiger partial charge in [-0.3, -0.25) is 5.10 Å². The number of benzene rings is 1. The minimum Gasteiger partial charge on any atom is -0.398 e. The Kier molecular flexibility index (Phi) is 2.78. The van der Waals surface area contributed by atoms with Crippen LogP contribution in [0.4, 0.5) is 5.69 Å². The number of nitrogens with two attached hydrogens (primary N) is 1. The molecule has 4 nitrogen and oxygen atoms in total. The highest BCUT2D eigenvalue weighted by molar-refractivity contribution is 5.63. The highest BCUT2D eigenvalue weighted by Gasteiger charge is 2.20. The van der Waals surface area contributed by atoms with Gasteiger partial charge in [0.2, 0.25) is 0 Å². The molecule has 1 heterocycles. The number of H-pyrrole nitrogens is 1. The molecule has 0 bridgehead atoms. The van der Waals surface area contributed by atoms with E-state index in [1.807, 2.05) is 25.1 Å². The van der Waals surface area contributed by atoms with Gasteiger partial charge in [0, 0.05) is 17.2 Å². The van der Waals surface area contributed by atoms with E-state index in [-0.39, 0.29) is 0 Å². The first-order chi connectivity index (χ1) is 8.74. The van der Waals surface area contributed by atoms with Crippen molar-refractivity contribution >= 4 is 5.69 Å². The summed E-state index contributed by atoms with van der Waals surface area (Å²) < 4.78 is 0. The van der Waals surface area contributed by atoms with Crippen LogP contribution in [0, 0.1) is 6.92 Å². The highest BCUT2D eigenvalue weighted by atomic mass is 15.2. The molecule has 18 heavy (non-hydrogen) atoms. The first kappa shape index (κ1) is 11.3. The lowest BCUT2D eigenvalue weighted by molar-refractivity contribution is 0.672. The number of rotatable bonds is 2. The summed E-state index contributed by atoms with van der Waals surface area (Å²) in [6.07, 6.45) is 5.06. The van der Waals surface area contributed by atoms with Crippen molar-refractivity contribution in [2.24, 2.45) is 0 Å². The van der Waals surface area contributed by atoms with Gasteiger partial charge in [-0.1, -0.05) is 25.0 Å². The number of aryl methyl sites for hydroxylation is 1. The zero-order valence-corrected chi connectivity index (χ0v) is 10.6. The second kappa shape index (κ2) is 4.44. The molecule has 0 spiro atoms. The van der Waals surface area contributed by atoms with Gasteiger partial charge in [0.05, 0.1) is 0 Å². The van der Waals surface area contributed by atoms with Crippen LogP contribution in [0.5, 0.6) is 0 Å². The maximum absolute atomic E-state index is 5.92. The van der Waals surface area contributed by atoms with E-state index >= 15 is 0 Å². The Hall–Kier alpha value is -1.84. The number of nitrogen functional groups attached to an aromatic ring is 1. The zero-order chi connectivity index (χ0) is 12.5. The Balaban J connectivity index is 1.89. The van der Waals surface area contributed by atoms with Crippen LogP contribution >= 0.6 is 0 Å². The van der Waals surface area contributed by atoms with Gasteiger partial charge in [-0.25, -0.2) is 4.98 Å². The number of aromatic nitrogens is 3. The fourth-order valence-corrected chi connectivity index (χ4v) is 2.56. The lowest BCUT2D eigenvalue weighted by Gasteiger charge is -2.03. The zero-order valence-electron chi connectivity index (χ0n) is 10.6. The fourth-order valence-electron chi connectivity index (χ4n) is 2.56. The Labute approximate surface area is 107 Å². The quantitative estimate of drug-likeness (QED) is 0.795. The average Bonchev–Trinajstić information content (AvgIpc) is 3.01. The number of hydrogen-bond acceptors (Lipinski definition) is 3. The molecule has 1 aliphatic carbocycles. The molecule has 1 aromatic carbocycles. The van der Waals surface area contributed by atoms with Gasteiger partial charge >= 0.3 is 0 Å². The predicted molar refractivity (Wildman–Crippen MR) is 72.2 cm³/mol. The van der Waals surface area contributed by atoms with Gasteiger partial charge in [-0.15, -0.1) is 0 Å². The third kappa shape index (κ3) is 1.98. The van der Waals surface area contributed by atoms with Gasteiger partial charge in [-0.05, 0) is 31.4 Å². The van der Waals surface area contributed by atoms with Gasteiger partial charge < -0.3 is 5.73 Å². The molecule has 0 unspecified atom stereocenters. The summed E-state index contributed by atoms with van der Waals surface area (Å²) in [4.78, 5) is 4.61. The number of anilines is 1. The second-order valence-electron chi connectivity index (χ2n) is 5.10. The monoisotopic (exact) mass is 242 g/mol. The van der Waals surface area contributed by atoms with Crippen molar-refractivity contribution in [3.63, 3.8) is 0 Å². The van der Waals surface area contributed by atoms with Crippen molar-refractivity contribution < 1.29 is 0 Å². The lowest BCUT2D eigenvalue weighted by Crippen LogP contribution is -1.94. The molecular weight excluding hydrogens is 224 g/mol. The molecule has 0 atom stereocenters. The molecule has 2 aromatic rings. The van der Waals surface area contributed by atoms with Crippen molar-refractivity contribution in [3.05, 3.63) is 29.6 Å². The number of nitrogens with zero attached hydrogens (tertiary/aromatic N) is 2. The second-order valence-corrected chi connectivity index (χ2v) is 5.10. The summed E-state index contributed by atoms with van der Waals surface area (Å²) in [6, 6.07) is 5.97. The Morgan fingerprint density at radius 2 is 2.06 bits per heavy atom. The molecule has 0 amide bonds. The molecule has 1 fully saturated rings. The van der Waals surface area contributed by atoms with Crippen molar-refractivity contribution in [2.45, 2.75) is 38.5 Å². The molecular formula is C14H18N4. The number of aromatic amines is 1. The number of hydrogen-bond donors (Lipinski definition) is 2. The summed E-state index contributed by atoms with van der Waals surface area (Å²) in [7, 11) is 0. The smallest absolute Gasteiger partial charge is 0.181 e. The molecule has 1 saturated carbocycles. The summed E-state index contributed by atoms with van der Waals surface area (Å²) in [5, 5.41) is 7.39. The Morgan fingerprint density at radius 3 is 2.78 bits per heavy atom. The molecule has 1 aliphatic rings. The first-order valence-corrected chi connectivity index (χ1v) is 6.53. The third-order valence-corrected chi connectivity index (χ3v) is 3.78. The van der Waals surface area contributed by atoms with Crippen LogP contribution in [0.25, 0.3) is 11.4 Å². The van der Waals surface area contributed by atoms with Crippen LogP contribution in [0.3, 0.4) is 0 Å². The average molecular weight is 242 g/mol. The van der Waals surface area contributed by atoms with Crippen molar-refractivity contribution in [1.82, 2.24) is 15.2 Å². The fraction of sp³-hybridized carbons (Fsp3) is 0.429. The molecule has 4 heteroatoms. The maximum atomic E-state index is 5.92. The Bertz CT molecular complexity index is 553. The van der Waals surface area contributed by atoms with E-state index < -0.39 is 0 Å². The van der Waals surface area contributed by atoms with E-state index in [1.54, 1.807) is 0 Å². The van der Waals surface area contributed by atoms with E-state index in [2.05, 4.69) is 15.2 Å². The van der Waals surface area contributed by atoms with Crippen molar-refractivity contribution in [1.29, 1.82) is 0 Å². The van der Waals surface area contributed by atoms with Crippen molar-refractivity contribution in [3.8, 4) is 11.4 Å². The molecule has 0 aliphatic heterocycles. The van der Waals surface area contributed by atoms with E-state index in [1.165, 1.54) is 25.7 Å². The molecule has 0 radical (unpaired) electrons. The normalized spacial score (nSPS) is 16.3. The summed E-state index contributed by atoms with van der Waals surface area (Å²) in [5.41, 5.74) is 8.79. The first-order valence-electron chi connectivity index (χ1n) is 6.53. The van der Waals surface area contributed by atoms with Gasteiger partial charge in [-0.2, -0.15) is 5.10 Å². The predicted octanol–water partition coefficient (Wildman–Crippen LogP) is 3.02. The van der Waals surface area contributed by atoms with Crippen LogP contribution in [0.2, 0.25) is 0 Å². The van der Waals surface area contributed by atoms with E-state index in [9.17, 15) is 0 Å². The van der Waals surface area contributed by atoms with E-state index in [0.717, 1.165) is 28.5 Å². The topological polar surface area (TPSA) is 67.6 Å². The minimum absolute atomic E-state index is 0.564. The summed E-state index contributed by atoms with van der Waals surface area (Å²) in [6.45, 7) is 2.00. The van der Waals surface area contributed by atoms with Crippen LogP contribution in [-0.4, -0.2) is 15.2 Å². The third-order valence-electron chi connectivity index (χ3n) is 3.78. The summed E-state index contributed by atoms with van der Waals surface area (Å²) >= 11 is 0. The largest absolute Gasteiger partial charge is 0.398 e. The van der Waals surface area contributed by atoms with Gasteiger partial charge in [0.25, 0.3) is 0 Å². The Morgan fingerprint density at radius 1 is 1.28 bits per heavy atom. The van der Waals surface area contributed by atoms with Crippen LogP contribution in [0.15, 0.2) is 18.2 Å². The van der Waals surface area contributed by atoms with Crippen LogP contribution < -0.4 is 5.73 Å². The van der Waals surface area contributed by atoms with Crippen LogP contribution in [-0.2, 0) is 0 Å². The lowest BCUT2D eigenvalue weighted by atomic mass is 10.1. The summed E-state index contributed by atoms with van der Waals surface area (Å²) in [5.74, 6) is 2.35. The van der Waals surface area contributed by atoms with Crippen LogP contribution in [0.1, 0.15) is 43.0 Å². The number of nitrogens with one attached hydrogen (secondary N) is 1. The van der Waals surface area contributed by atoms with Gasteiger partial charge in [0.15, 0.2) is 5.82 Å². The molecule has 3 rings (SSSR count). The molecule has 1 aromatic heterocycles.